The molecule has 0 aliphatic rings. The van der Waals surface area contributed by atoms with Crippen molar-refractivity contribution < 1.29 is 5.11 Å². The predicted octanol–water partition coefficient (Wildman–Crippen LogP) is 2.69. The molecule has 1 atom stereocenters. The summed E-state index contributed by atoms with van der Waals surface area (Å²) in [5.74, 6) is 0.696. The summed E-state index contributed by atoms with van der Waals surface area (Å²) in [6.45, 7) is 4.11. The number of aliphatic hydroxyl groups is 1. The van der Waals surface area contributed by atoms with E-state index < -0.39 is 6.10 Å². The van der Waals surface area contributed by atoms with Gasteiger partial charge in [-0.15, -0.1) is 11.3 Å². The number of hydrogen-bond donors (Lipinski definition) is 3. The van der Waals surface area contributed by atoms with Crippen molar-refractivity contribution in [2.75, 3.05) is 20.1 Å². The van der Waals surface area contributed by atoms with Crippen molar-refractivity contribution >= 4 is 27.4 Å². The number of guanidine groups is 1. The molecule has 138 valence electrons. The van der Waals surface area contributed by atoms with Gasteiger partial charge in [-0.25, -0.2) is 0 Å². The van der Waals surface area contributed by atoms with E-state index in [1.807, 2.05) is 36.1 Å². The van der Waals surface area contributed by atoms with Gasteiger partial charge in [0.05, 0.1) is 6.20 Å². The lowest BCUT2D eigenvalue weighted by Gasteiger charge is -2.14. The molecule has 26 heavy (non-hydrogen) atoms. The Bertz CT molecular complexity index is 837. The van der Waals surface area contributed by atoms with Gasteiger partial charge in [0, 0.05) is 42.5 Å². The molecule has 6 nitrogen and oxygen atoms in total. The maximum absolute atomic E-state index is 10.4. The molecule has 1 aromatic carbocycles. The molecule has 0 amide bonds. The molecule has 0 bridgehead atoms. The Hall–Kier alpha value is -2.38. The molecule has 0 radical (unpaired) electrons. The van der Waals surface area contributed by atoms with Crippen LogP contribution in [0.5, 0.6) is 0 Å². The van der Waals surface area contributed by atoms with Crippen LogP contribution in [-0.2, 0) is 6.54 Å². The van der Waals surface area contributed by atoms with E-state index in [4.69, 9.17) is 0 Å². The Morgan fingerprint density at radius 2 is 2.19 bits per heavy atom. The number of aliphatic imine (C=N–C) groups is 1. The van der Waals surface area contributed by atoms with Crippen LogP contribution in [0.1, 0.15) is 23.0 Å². The first-order chi connectivity index (χ1) is 12.7. The van der Waals surface area contributed by atoms with Crippen molar-refractivity contribution in [2.45, 2.75) is 26.0 Å². The number of thiophene rings is 1. The second kappa shape index (κ2) is 8.82. The Balaban J connectivity index is 1.43. The van der Waals surface area contributed by atoms with Gasteiger partial charge < -0.3 is 15.7 Å². The Kier molecular flexibility index (Phi) is 6.25. The average Bonchev–Trinajstić information content (AvgIpc) is 3.26. The highest BCUT2D eigenvalue weighted by molar-refractivity contribution is 7.19. The van der Waals surface area contributed by atoms with Crippen molar-refractivity contribution in [3.05, 3.63) is 53.2 Å². The van der Waals surface area contributed by atoms with Crippen LogP contribution < -0.4 is 10.6 Å². The third-order valence-corrected chi connectivity index (χ3v) is 5.30. The molecule has 2 heterocycles. The molecule has 0 aliphatic heterocycles. The van der Waals surface area contributed by atoms with Crippen LogP contribution in [0.4, 0.5) is 0 Å². The van der Waals surface area contributed by atoms with Gasteiger partial charge in [0.1, 0.15) is 6.10 Å². The highest BCUT2D eigenvalue weighted by Gasteiger charge is 2.12. The maximum Gasteiger partial charge on any atom is 0.191 e. The van der Waals surface area contributed by atoms with Crippen LogP contribution in [0.2, 0.25) is 0 Å². The summed E-state index contributed by atoms with van der Waals surface area (Å²) in [5, 5.41) is 22.3. The fourth-order valence-electron chi connectivity index (χ4n) is 2.72. The van der Waals surface area contributed by atoms with Crippen molar-refractivity contribution in [2.24, 2.45) is 4.99 Å². The largest absolute Gasteiger partial charge is 0.386 e. The molecule has 1 unspecified atom stereocenters. The second-order valence-electron chi connectivity index (χ2n) is 6.22. The van der Waals surface area contributed by atoms with E-state index >= 15 is 0 Å². The van der Waals surface area contributed by atoms with E-state index in [2.05, 4.69) is 38.9 Å². The minimum Gasteiger partial charge on any atom is -0.386 e. The number of fused-ring (bicyclic) bond motifs is 1. The van der Waals surface area contributed by atoms with E-state index in [0.29, 0.717) is 12.5 Å². The zero-order valence-corrected chi connectivity index (χ0v) is 16.0. The molecule has 2 aromatic heterocycles. The normalized spacial score (nSPS) is 13.1. The number of hydrogen-bond acceptors (Lipinski definition) is 4. The van der Waals surface area contributed by atoms with Crippen LogP contribution in [0.3, 0.4) is 0 Å². The Morgan fingerprint density at radius 1 is 1.35 bits per heavy atom. The topological polar surface area (TPSA) is 74.5 Å². The lowest BCUT2D eigenvalue weighted by Crippen LogP contribution is -2.39. The molecule has 0 saturated heterocycles. The van der Waals surface area contributed by atoms with E-state index in [1.54, 1.807) is 18.4 Å². The number of nitrogens with zero attached hydrogens (tertiary/aromatic N) is 3. The highest BCUT2D eigenvalue weighted by atomic mass is 32.1. The van der Waals surface area contributed by atoms with Crippen LogP contribution in [0, 0.1) is 6.92 Å². The molecular weight excluding hydrogens is 346 g/mol. The summed E-state index contributed by atoms with van der Waals surface area (Å²) in [5.41, 5.74) is 1.17. The molecule has 0 aliphatic carbocycles. The van der Waals surface area contributed by atoms with E-state index in [-0.39, 0.29) is 0 Å². The summed E-state index contributed by atoms with van der Waals surface area (Å²) in [6, 6.07) is 10.2. The SMILES string of the molecule is CN=C(NCCCn1cc(C)cn1)NCC(O)c1cc2ccccc2s1. The molecular formula is C19H25N5OS. The van der Waals surface area contributed by atoms with Gasteiger partial charge in [0.2, 0.25) is 0 Å². The van der Waals surface area contributed by atoms with Crippen LogP contribution in [-0.4, -0.2) is 41.0 Å². The summed E-state index contributed by atoms with van der Waals surface area (Å²) in [4.78, 5) is 5.17. The molecule has 3 rings (SSSR count). The lowest BCUT2D eigenvalue weighted by atomic mass is 10.2. The quantitative estimate of drug-likeness (QED) is 0.339. The third-order valence-electron chi connectivity index (χ3n) is 4.08. The molecule has 7 heteroatoms. The third kappa shape index (κ3) is 4.83. The predicted molar refractivity (Wildman–Crippen MR) is 108 cm³/mol. The van der Waals surface area contributed by atoms with Gasteiger partial charge in [-0.1, -0.05) is 18.2 Å². The summed E-state index contributed by atoms with van der Waals surface area (Å²) in [7, 11) is 1.73. The fraction of sp³-hybridized carbons (Fsp3) is 0.368. The number of aryl methyl sites for hydroxylation is 2. The van der Waals surface area contributed by atoms with Crippen molar-refractivity contribution in [1.82, 2.24) is 20.4 Å². The maximum atomic E-state index is 10.4. The monoisotopic (exact) mass is 371 g/mol. The highest BCUT2D eigenvalue weighted by Crippen LogP contribution is 2.29. The van der Waals surface area contributed by atoms with Crippen molar-refractivity contribution in [3.8, 4) is 0 Å². The van der Waals surface area contributed by atoms with Gasteiger partial charge >= 0.3 is 0 Å². The molecule has 0 spiro atoms. The first-order valence-electron chi connectivity index (χ1n) is 8.76. The summed E-state index contributed by atoms with van der Waals surface area (Å²) >= 11 is 1.63. The molecule has 3 N–H and O–H groups in total. The van der Waals surface area contributed by atoms with Gasteiger partial charge in [0.25, 0.3) is 0 Å². The molecule has 3 aromatic rings. The lowest BCUT2D eigenvalue weighted by molar-refractivity contribution is 0.184. The minimum absolute atomic E-state index is 0.421. The van der Waals surface area contributed by atoms with Crippen LogP contribution in [0.25, 0.3) is 10.1 Å². The Labute approximate surface area is 157 Å². The smallest absolute Gasteiger partial charge is 0.191 e. The zero-order valence-electron chi connectivity index (χ0n) is 15.1. The number of aromatic nitrogens is 2. The first-order valence-corrected chi connectivity index (χ1v) is 9.57. The number of rotatable bonds is 7. The summed E-state index contributed by atoms with van der Waals surface area (Å²) in [6.07, 6.45) is 4.29. The molecule has 0 saturated carbocycles. The van der Waals surface area contributed by atoms with Crippen LogP contribution in [0.15, 0.2) is 47.7 Å². The van der Waals surface area contributed by atoms with Gasteiger partial charge in [-0.2, -0.15) is 5.10 Å². The minimum atomic E-state index is -0.557. The molecule has 0 fully saturated rings. The van der Waals surface area contributed by atoms with E-state index in [1.165, 1.54) is 15.6 Å². The standard InChI is InChI=1S/C19H25N5OS/c1-14-11-23-24(13-14)9-5-8-21-19(20-2)22-12-16(25)18-10-15-6-3-4-7-17(15)26-18/h3-4,6-7,10-11,13,16,25H,5,8-9,12H2,1-2H3,(H2,20,21,22). The van der Waals surface area contributed by atoms with Gasteiger partial charge in [-0.3, -0.25) is 9.67 Å². The number of aliphatic hydroxyl groups excluding tert-OH is 1. The van der Waals surface area contributed by atoms with Crippen molar-refractivity contribution in [1.29, 1.82) is 0 Å². The number of nitrogens with one attached hydrogen (secondary N) is 2. The van der Waals surface area contributed by atoms with E-state index in [9.17, 15) is 5.11 Å². The van der Waals surface area contributed by atoms with Crippen molar-refractivity contribution in [3.63, 3.8) is 0 Å². The van der Waals surface area contributed by atoms with E-state index in [0.717, 1.165) is 24.4 Å². The Morgan fingerprint density at radius 3 is 2.92 bits per heavy atom. The van der Waals surface area contributed by atoms with Gasteiger partial charge in [-0.05, 0) is 36.4 Å². The summed E-state index contributed by atoms with van der Waals surface area (Å²) < 4.78 is 3.14. The van der Waals surface area contributed by atoms with Crippen LogP contribution >= 0.6 is 11.3 Å². The zero-order chi connectivity index (χ0) is 18.4. The average molecular weight is 372 g/mol. The first kappa shape index (κ1) is 18.4. The fourth-order valence-corrected chi connectivity index (χ4v) is 3.77. The van der Waals surface area contributed by atoms with Gasteiger partial charge in [0.15, 0.2) is 5.96 Å². The number of benzene rings is 1. The second-order valence-corrected chi connectivity index (χ2v) is 7.33.